The summed E-state index contributed by atoms with van der Waals surface area (Å²) < 4.78 is 0. The van der Waals surface area contributed by atoms with Crippen molar-refractivity contribution in [2.24, 2.45) is 0 Å². The lowest BCUT2D eigenvalue weighted by Crippen LogP contribution is -2.19. The van der Waals surface area contributed by atoms with Gasteiger partial charge in [0.2, 0.25) is 0 Å². The fourth-order valence-electron chi connectivity index (χ4n) is 7.74. The molecule has 0 atom stereocenters. The van der Waals surface area contributed by atoms with Gasteiger partial charge in [0.1, 0.15) is 0 Å². The molecule has 6 aromatic rings. The van der Waals surface area contributed by atoms with Crippen LogP contribution in [-0.4, -0.2) is 11.1 Å². The summed E-state index contributed by atoms with van der Waals surface area (Å²) in [5, 5.41) is 12.5. The van der Waals surface area contributed by atoms with Crippen LogP contribution in [0.1, 0.15) is 60.3 Å². The van der Waals surface area contributed by atoms with Crippen molar-refractivity contribution >= 4 is 33.8 Å². The van der Waals surface area contributed by atoms with Crippen molar-refractivity contribution in [2.75, 3.05) is 4.90 Å². The van der Waals surface area contributed by atoms with E-state index < -0.39 is 5.97 Å². The third-order valence-electron chi connectivity index (χ3n) is 10.0. The number of aromatic carboxylic acids is 1. The van der Waals surface area contributed by atoms with Crippen molar-refractivity contribution in [1.29, 1.82) is 0 Å². The molecule has 2 aliphatic rings. The lowest BCUT2D eigenvalue weighted by Gasteiger charge is -2.31. The summed E-state index contributed by atoms with van der Waals surface area (Å²) in [6.45, 7) is 9.12. The van der Waals surface area contributed by atoms with Gasteiger partial charge in [-0.3, -0.25) is 0 Å². The summed E-state index contributed by atoms with van der Waals surface area (Å²) in [5.74, 6) is -0.946. The second kappa shape index (κ2) is 9.17. The van der Waals surface area contributed by atoms with E-state index in [9.17, 15) is 9.90 Å². The number of hydrogen-bond acceptors (Lipinski definition) is 2. The quantitative estimate of drug-likeness (QED) is 0.229. The Kier molecular flexibility index (Phi) is 5.52. The molecule has 44 heavy (non-hydrogen) atoms. The number of carboxylic acid groups (broad SMARTS) is 1. The van der Waals surface area contributed by atoms with E-state index >= 15 is 0 Å². The molecule has 0 radical (unpaired) electrons. The Morgan fingerprint density at radius 3 is 1.57 bits per heavy atom. The maximum absolute atomic E-state index is 12.9. The molecule has 0 bridgehead atoms. The Hall–Kier alpha value is -5.15. The van der Waals surface area contributed by atoms with Crippen LogP contribution in [0.5, 0.6) is 0 Å². The first-order chi connectivity index (χ1) is 21.2. The monoisotopic (exact) mass is 571 g/mol. The van der Waals surface area contributed by atoms with Crippen LogP contribution in [-0.2, 0) is 10.8 Å². The third kappa shape index (κ3) is 3.59. The fraction of sp³-hybridized carbons (Fsp3) is 0.146. The van der Waals surface area contributed by atoms with Crippen molar-refractivity contribution in [3.05, 3.63) is 149 Å². The number of nitrogens with zero attached hydrogens (tertiary/aromatic N) is 1. The highest BCUT2D eigenvalue weighted by Gasteiger charge is 2.38. The summed E-state index contributed by atoms with van der Waals surface area (Å²) in [6.07, 6.45) is 0. The Morgan fingerprint density at radius 2 is 1.02 bits per heavy atom. The Morgan fingerprint density at radius 1 is 0.545 bits per heavy atom. The molecule has 0 amide bonds. The predicted molar refractivity (Wildman–Crippen MR) is 181 cm³/mol. The number of rotatable bonds is 4. The molecular weight excluding hydrogens is 538 g/mol. The van der Waals surface area contributed by atoms with E-state index in [1.807, 2.05) is 30.3 Å². The second-order valence-electron chi connectivity index (χ2n) is 13.1. The average Bonchev–Trinajstić information content (AvgIpc) is 3.40. The van der Waals surface area contributed by atoms with Crippen LogP contribution >= 0.6 is 0 Å². The highest BCUT2D eigenvalue weighted by Crippen LogP contribution is 2.53. The normalized spacial score (nSPS) is 14.9. The summed E-state index contributed by atoms with van der Waals surface area (Å²) in [4.78, 5) is 15.1. The molecule has 0 unspecified atom stereocenters. The first kappa shape index (κ1) is 26.5. The third-order valence-corrected chi connectivity index (χ3v) is 10.0. The van der Waals surface area contributed by atoms with E-state index in [0.29, 0.717) is 5.69 Å². The van der Waals surface area contributed by atoms with E-state index in [1.54, 1.807) is 6.07 Å². The predicted octanol–water partition coefficient (Wildman–Crippen LogP) is 10.6. The fourth-order valence-corrected chi connectivity index (χ4v) is 7.74. The zero-order chi connectivity index (χ0) is 30.4. The number of carboxylic acids is 1. The Balaban J connectivity index is 1.42. The minimum absolute atomic E-state index is 0.191. The highest BCUT2D eigenvalue weighted by molar-refractivity contribution is 6.09. The largest absolute Gasteiger partial charge is 0.478 e. The van der Waals surface area contributed by atoms with Crippen molar-refractivity contribution < 1.29 is 9.90 Å². The van der Waals surface area contributed by atoms with E-state index in [2.05, 4.69) is 118 Å². The molecule has 1 N–H and O–H groups in total. The van der Waals surface area contributed by atoms with Gasteiger partial charge in [-0.2, -0.15) is 0 Å². The maximum Gasteiger partial charge on any atom is 0.337 e. The van der Waals surface area contributed by atoms with Crippen molar-refractivity contribution in [3.63, 3.8) is 0 Å². The Labute approximate surface area is 258 Å². The highest BCUT2D eigenvalue weighted by atomic mass is 16.4. The van der Waals surface area contributed by atoms with Crippen molar-refractivity contribution in [2.45, 2.75) is 38.5 Å². The molecule has 0 saturated carbocycles. The van der Waals surface area contributed by atoms with Gasteiger partial charge in [-0.05, 0) is 80.2 Å². The van der Waals surface area contributed by atoms with Crippen LogP contribution in [0.25, 0.3) is 33.0 Å². The number of anilines is 3. The van der Waals surface area contributed by atoms with Crippen LogP contribution in [0, 0.1) is 0 Å². The van der Waals surface area contributed by atoms with Crippen LogP contribution < -0.4 is 4.90 Å². The van der Waals surface area contributed by atoms with E-state index in [0.717, 1.165) is 22.1 Å². The summed E-state index contributed by atoms with van der Waals surface area (Å²) >= 11 is 0. The average molecular weight is 572 g/mol. The van der Waals surface area contributed by atoms with Crippen LogP contribution in [0.4, 0.5) is 17.1 Å². The molecule has 6 aromatic carbocycles. The van der Waals surface area contributed by atoms with Gasteiger partial charge in [-0.15, -0.1) is 0 Å². The molecule has 0 spiro atoms. The van der Waals surface area contributed by atoms with E-state index in [-0.39, 0.29) is 16.4 Å². The molecule has 0 fully saturated rings. The zero-order valence-electron chi connectivity index (χ0n) is 25.3. The van der Waals surface area contributed by atoms with E-state index in [1.165, 1.54) is 44.5 Å². The maximum atomic E-state index is 12.9. The van der Waals surface area contributed by atoms with Crippen LogP contribution in [0.15, 0.2) is 121 Å². The first-order valence-corrected chi connectivity index (χ1v) is 15.2. The van der Waals surface area contributed by atoms with E-state index in [4.69, 9.17) is 0 Å². The molecule has 0 aromatic heterocycles. The Bertz CT molecular complexity index is 2060. The molecule has 0 heterocycles. The minimum atomic E-state index is -0.946. The van der Waals surface area contributed by atoms with Gasteiger partial charge in [-0.25, -0.2) is 4.79 Å². The van der Waals surface area contributed by atoms with Gasteiger partial charge in [0, 0.05) is 27.6 Å². The lowest BCUT2D eigenvalue weighted by atomic mass is 9.82. The van der Waals surface area contributed by atoms with Crippen molar-refractivity contribution in [1.82, 2.24) is 0 Å². The smallest absolute Gasteiger partial charge is 0.337 e. The van der Waals surface area contributed by atoms with Gasteiger partial charge in [-0.1, -0.05) is 119 Å². The van der Waals surface area contributed by atoms with Crippen molar-refractivity contribution in [3.8, 4) is 22.3 Å². The van der Waals surface area contributed by atoms with Gasteiger partial charge < -0.3 is 10.0 Å². The molecule has 0 saturated heterocycles. The number of carbonyl (C=O) groups is 1. The molecular formula is C41H33NO2. The molecule has 3 nitrogen and oxygen atoms in total. The van der Waals surface area contributed by atoms with Gasteiger partial charge in [0.15, 0.2) is 0 Å². The molecule has 2 aliphatic carbocycles. The molecule has 8 rings (SSSR count). The molecule has 214 valence electrons. The molecule has 3 heteroatoms. The SMILES string of the molecule is CC1(C)c2ccccc2-c2ccc(N(c3ccc4c(c3)C(C)(C)c3ccccc3-4)c3c(C(=O)O)ccc4ccccc34)cc21. The van der Waals surface area contributed by atoms with Crippen LogP contribution in [0.3, 0.4) is 0 Å². The zero-order valence-corrected chi connectivity index (χ0v) is 25.3. The van der Waals surface area contributed by atoms with Gasteiger partial charge in [0.05, 0.1) is 11.3 Å². The molecule has 0 aliphatic heterocycles. The standard InChI is InChI=1S/C41H33NO2/c1-40(2)34-15-9-7-13-29(34)31-21-18-26(23-36(31)40)42(38-28-12-6-5-11-25(28)17-20-33(38)39(43)44)27-19-22-32-30-14-8-10-16-35(30)41(3,4)37(32)24-27/h5-24H,1-4H3,(H,43,44). The summed E-state index contributed by atoms with van der Waals surface area (Å²) in [6, 6.07) is 42.3. The van der Waals surface area contributed by atoms with Gasteiger partial charge >= 0.3 is 5.97 Å². The minimum Gasteiger partial charge on any atom is -0.478 e. The summed E-state index contributed by atoms with van der Waals surface area (Å²) in [7, 11) is 0. The number of benzene rings is 6. The lowest BCUT2D eigenvalue weighted by molar-refractivity contribution is 0.0698. The number of hydrogen-bond donors (Lipinski definition) is 1. The topological polar surface area (TPSA) is 40.5 Å². The number of fused-ring (bicyclic) bond motifs is 7. The first-order valence-electron chi connectivity index (χ1n) is 15.2. The van der Waals surface area contributed by atoms with Crippen LogP contribution in [0.2, 0.25) is 0 Å². The van der Waals surface area contributed by atoms with Gasteiger partial charge in [0.25, 0.3) is 0 Å². The second-order valence-corrected chi connectivity index (χ2v) is 13.1. The summed E-state index contributed by atoms with van der Waals surface area (Å²) in [5.41, 5.74) is 12.6.